The van der Waals surface area contributed by atoms with E-state index in [1.54, 1.807) is 7.11 Å². The highest BCUT2D eigenvalue weighted by atomic mass is 32.1. The Hall–Kier alpha value is -3.39. The first kappa shape index (κ1) is 29.3. The molecule has 7 nitrogen and oxygen atoms in total. The molecule has 2 heterocycles. The van der Waals surface area contributed by atoms with E-state index in [1.165, 1.54) is 39.4 Å². The molecule has 0 bridgehead atoms. The summed E-state index contributed by atoms with van der Waals surface area (Å²) in [5, 5.41) is 13.4. The van der Waals surface area contributed by atoms with E-state index < -0.39 is 0 Å². The maximum atomic E-state index is 14.4. The molecular weight excluding hydrogens is 566 g/mol. The van der Waals surface area contributed by atoms with Crippen LogP contribution in [0.15, 0.2) is 64.1 Å². The summed E-state index contributed by atoms with van der Waals surface area (Å²) in [6, 6.07) is 15.3. The summed E-state index contributed by atoms with van der Waals surface area (Å²) in [7, 11) is 1.74. The van der Waals surface area contributed by atoms with Crippen molar-refractivity contribution >= 4 is 28.6 Å². The van der Waals surface area contributed by atoms with Gasteiger partial charge in [0.2, 0.25) is 5.91 Å². The second-order valence-electron chi connectivity index (χ2n) is 13.3. The third kappa shape index (κ3) is 6.37. The van der Waals surface area contributed by atoms with Crippen molar-refractivity contribution in [3.63, 3.8) is 0 Å². The summed E-state index contributed by atoms with van der Waals surface area (Å²) in [5.74, 6) is 3.43. The van der Waals surface area contributed by atoms with Gasteiger partial charge in [-0.2, -0.15) is 5.11 Å². The number of methoxy groups -OCH3 is 1. The van der Waals surface area contributed by atoms with E-state index in [0.29, 0.717) is 36.1 Å². The minimum absolute atomic E-state index is 0.0503. The van der Waals surface area contributed by atoms with Gasteiger partial charge in [0.05, 0.1) is 22.7 Å². The monoisotopic (exact) mass is 609 g/mol. The number of ether oxygens (including phenoxy) is 1. The average molecular weight is 610 g/mol. The predicted octanol–water partition coefficient (Wildman–Crippen LogP) is 8.94. The number of nitrogens with zero attached hydrogens (tertiary/aromatic N) is 5. The van der Waals surface area contributed by atoms with Crippen molar-refractivity contribution in [2.24, 2.45) is 33.2 Å². The number of carbonyl (C=O) groups is 1. The van der Waals surface area contributed by atoms with Crippen molar-refractivity contribution in [2.75, 3.05) is 25.1 Å². The van der Waals surface area contributed by atoms with Crippen molar-refractivity contribution < 1.29 is 9.53 Å². The molecule has 0 saturated heterocycles. The van der Waals surface area contributed by atoms with Crippen molar-refractivity contribution in [3.8, 4) is 16.2 Å². The molecule has 7 rings (SSSR count). The lowest BCUT2D eigenvalue weighted by Crippen LogP contribution is -2.42. The van der Waals surface area contributed by atoms with Crippen LogP contribution < -0.4 is 9.64 Å². The third-order valence-electron chi connectivity index (χ3n) is 10.4. The first-order valence-electron chi connectivity index (χ1n) is 16.5. The van der Waals surface area contributed by atoms with Gasteiger partial charge < -0.3 is 9.64 Å². The van der Waals surface area contributed by atoms with Gasteiger partial charge >= 0.3 is 0 Å². The molecule has 0 spiro atoms. The highest BCUT2D eigenvalue weighted by Gasteiger charge is 2.34. The van der Waals surface area contributed by atoms with Crippen LogP contribution in [0.25, 0.3) is 10.4 Å². The quantitative estimate of drug-likeness (QED) is 0.243. The van der Waals surface area contributed by atoms with Gasteiger partial charge in [-0.15, -0.1) is 16.4 Å². The summed E-state index contributed by atoms with van der Waals surface area (Å²) in [5.41, 5.74) is 5.91. The number of amides is 1. The Kier molecular flexibility index (Phi) is 8.61. The topological polar surface area (TPSA) is 79.5 Å². The molecule has 3 aromatic rings. The summed E-state index contributed by atoms with van der Waals surface area (Å²) < 4.78 is 5.49. The fraction of sp³-hybridized carbons (Fsp3) is 0.528. The second kappa shape index (κ2) is 12.9. The highest BCUT2D eigenvalue weighted by Crippen LogP contribution is 2.44. The number of benzene rings is 2. The summed E-state index contributed by atoms with van der Waals surface area (Å²) in [6.07, 6.45) is 12.9. The molecular formula is C36H43N5O2S. The molecule has 3 saturated carbocycles. The van der Waals surface area contributed by atoms with Gasteiger partial charge in [-0.25, -0.2) is 4.98 Å². The van der Waals surface area contributed by atoms with Gasteiger partial charge in [-0.05, 0) is 123 Å². The number of carbonyl (C=O) groups excluding carboxylic acids is 1. The number of hydrogen-bond acceptors (Lipinski definition) is 7. The standard InChI is InChI=1S/C36H43N5O2S/c1-23-18-29(16-17-33(23)43-2)25-8-6-24(7-9-25)22-41(36(42)28-14-10-26(11-15-28)32-20-38-40-39-32)31-5-3-4-30(19-31)34-21-37-35(44-34)27-12-13-27/h3-5,16-19,21,24-28H,6-15,20,22H2,1-2H3. The van der Waals surface area contributed by atoms with E-state index in [-0.39, 0.29) is 5.92 Å². The zero-order chi connectivity index (χ0) is 30.0. The van der Waals surface area contributed by atoms with Gasteiger partial charge in [0, 0.05) is 36.2 Å². The van der Waals surface area contributed by atoms with E-state index in [1.807, 2.05) is 17.5 Å². The summed E-state index contributed by atoms with van der Waals surface area (Å²) in [6.45, 7) is 3.54. The highest BCUT2D eigenvalue weighted by molar-refractivity contribution is 7.15. The second-order valence-corrected chi connectivity index (χ2v) is 14.4. The Balaban J connectivity index is 1.07. The van der Waals surface area contributed by atoms with E-state index >= 15 is 0 Å². The van der Waals surface area contributed by atoms with Crippen LogP contribution in [-0.2, 0) is 4.79 Å². The van der Waals surface area contributed by atoms with Crippen LogP contribution in [-0.4, -0.2) is 36.8 Å². The molecule has 1 amide bonds. The van der Waals surface area contributed by atoms with E-state index in [2.05, 4.69) is 69.7 Å². The maximum Gasteiger partial charge on any atom is 0.230 e. The Labute approximate surface area is 264 Å². The SMILES string of the molecule is COc1ccc(C2CCC(CN(C(=O)C3CCC(C4=NN=NC4)CC3)c3cccc(-c4cnc(C5CC5)s4)c3)CC2)cc1C. The van der Waals surface area contributed by atoms with Crippen molar-refractivity contribution in [1.82, 2.24) is 4.98 Å². The van der Waals surface area contributed by atoms with E-state index in [4.69, 9.17) is 9.72 Å². The van der Waals surface area contributed by atoms with Gasteiger partial charge in [0.1, 0.15) is 12.3 Å². The van der Waals surface area contributed by atoms with Gasteiger partial charge in [0.25, 0.3) is 0 Å². The van der Waals surface area contributed by atoms with Crippen LogP contribution >= 0.6 is 11.3 Å². The number of aromatic nitrogens is 1. The van der Waals surface area contributed by atoms with Gasteiger partial charge in [-0.1, -0.05) is 24.3 Å². The smallest absolute Gasteiger partial charge is 0.230 e. The summed E-state index contributed by atoms with van der Waals surface area (Å²) in [4.78, 5) is 22.4. The third-order valence-corrected chi connectivity index (χ3v) is 11.6. The Morgan fingerprint density at radius 1 is 0.932 bits per heavy atom. The molecule has 44 heavy (non-hydrogen) atoms. The number of hydrogen-bond donors (Lipinski definition) is 0. The van der Waals surface area contributed by atoms with E-state index in [9.17, 15) is 4.79 Å². The molecule has 2 aromatic carbocycles. The molecule has 1 aromatic heterocycles. The minimum Gasteiger partial charge on any atom is -0.496 e. The molecule has 4 aliphatic rings. The first-order chi connectivity index (χ1) is 21.6. The molecule has 3 aliphatic carbocycles. The fourth-order valence-electron chi connectivity index (χ4n) is 7.51. The molecule has 3 fully saturated rings. The van der Waals surface area contributed by atoms with Gasteiger partial charge in [0.15, 0.2) is 0 Å². The maximum absolute atomic E-state index is 14.4. The Morgan fingerprint density at radius 3 is 2.41 bits per heavy atom. The van der Waals surface area contributed by atoms with Crippen molar-refractivity contribution in [2.45, 2.75) is 83.0 Å². The lowest BCUT2D eigenvalue weighted by molar-refractivity contribution is -0.123. The average Bonchev–Trinajstić information content (AvgIpc) is 3.53. The molecule has 0 atom stereocenters. The lowest BCUT2D eigenvalue weighted by Gasteiger charge is -2.36. The zero-order valence-electron chi connectivity index (χ0n) is 26.0. The van der Waals surface area contributed by atoms with Crippen LogP contribution in [0.4, 0.5) is 5.69 Å². The molecule has 1 aliphatic heterocycles. The summed E-state index contributed by atoms with van der Waals surface area (Å²) >= 11 is 1.81. The Bertz CT molecular complexity index is 1540. The molecule has 230 valence electrons. The van der Waals surface area contributed by atoms with E-state index in [0.717, 1.165) is 75.1 Å². The number of anilines is 1. The Morgan fingerprint density at radius 2 is 1.70 bits per heavy atom. The largest absolute Gasteiger partial charge is 0.496 e. The van der Waals surface area contributed by atoms with Crippen LogP contribution in [0, 0.1) is 24.7 Å². The minimum atomic E-state index is 0.0503. The number of rotatable bonds is 9. The van der Waals surface area contributed by atoms with Crippen LogP contribution in [0.3, 0.4) is 0 Å². The number of aryl methyl sites for hydroxylation is 1. The molecule has 8 heteroatoms. The fourth-order valence-corrected chi connectivity index (χ4v) is 8.59. The zero-order valence-corrected chi connectivity index (χ0v) is 26.8. The predicted molar refractivity (Wildman–Crippen MR) is 177 cm³/mol. The lowest BCUT2D eigenvalue weighted by atomic mass is 9.77. The van der Waals surface area contributed by atoms with Crippen LogP contribution in [0.1, 0.15) is 92.2 Å². The molecule has 0 radical (unpaired) electrons. The number of thiazole rings is 1. The normalized spacial score (nSPS) is 25.1. The molecule has 0 N–H and O–H groups in total. The van der Waals surface area contributed by atoms with Crippen molar-refractivity contribution in [1.29, 1.82) is 0 Å². The van der Waals surface area contributed by atoms with Crippen LogP contribution in [0.2, 0.25) is 0 Å². The van der Waals surface area contributed by atoms with Crippen molar-refractivity contribution in [3.05, 3.63) is 64.8 Å². The van der Waals surface area contributed by atoms with Crippen LogP contribution in [0.5, 0.6) is 5.75 Å². The van der Waals surface area contributed by atoms with Gasteiger partial charge in [-0.3, -0.25) is 4.79 Å². The molecule has 0 unspecified atom stereocenters. The first-order valence-corrected chi connectivity index (χ1v) is 17.3.